The van der Waals surface area contributed by atoms with Crippen LogP contribution in [0.5, 0.6) is 5.75 Å². The lowest BCUT2D eigenvalue weighted by molar-refractivity contribution is 0.414. The van der Waals surface area contributed by atoms with Gasteiger partial charge < -0.3 is 4.74 Å². The van der Waals surface area contributed by atoms with E-state index in [0.717, 1.165) is 12.2 Å². The first-order chi connectivity index (χ1) is 13.4. The number of hydrogen-bond donors (Lipinski definition) is 0. The molecule has 2 aromatic rings. The highest BCUT2D eigenvalue weighted by molar-refractivity contribution is 5.25. The van der Waals surface area contributed by atoms with Crippen LogP contribution >= 0.6 is 0 Å². The molecule has 0 bridgehead atoms. The van der Waals surface area contributed by atoms with Crippen LogP contribution in [-0.4, -0.2) is 7.11 Å². The lowest BCUT2D eigenvalue weighted by Gasteiger charge is -1.97. The summed E-state index contributed by atoms with van der Waals surface area (Å²) in [5.74, 6) is 0.917. The fourth-order valence-electron chi connectivity index (χ4n) is 1.48. The third-order valence-corrected chi connectivity index (χ3v) is 3.03. The van der Waals surface area contributed by atoms with Gasteiger partial charge in [-0.25, -0.2) is 0 Å². The average Bonchev–Trinajstić information content (AvgIpc) is 2.74. The summed E-state index contributed by atoms with van der Waals surface area (Å²) in [5, 5.41) is 0. The number of allylic oxidation sites excluding steroid dienone is 1. The van der Waals surface area contributed by atoms with E-state index in [1.165, 1.54) is 22.3 Å². The summed E-state index contributed by atoms with van der Waals surface area (Å²) in [7, 11) is 1.67. The fraction of sp³-hybridized carbons (Fsp3) is 0.407. The van der Waals surface area contributed by atoms with Gasteiger partial charge in [-0.3, -0.25) is 0 Å². The zero-order valence-electron chi connectivity index (χ0n) is 20.4. The number of rotatable bonds is 2. The van der Waals surface area contributed by atoms with E-state index in [0.29, 0.717) is 0 Å². The minimum atomic E-state index is 0.917. The van der Waals surface area contributed by atoms with Gasteiger partial charge in [-0.05, 0) is 46.2 Å². The van der Waals surface area contributed by atoms with Gasteiger partial charge in [-0.1, -0.05) is 93.3 Å². The second-order valence-electron chi connectivity index (χ2n) is 5.49. The van der Waals surface area contributed by atoms with Gasteiger partial charge in [0.15, 0.2) is 0 Å². The summed E-state index contributed by atoms with van der Waals surface area (Å²) < 4.78 is 4.97. The Morgan fingerprint density at radius 1 is 0.786 bits per heavy atom. The SMILES string of the molecule is C=C.C=C(C)CC.CC.CC.COc1ccc(C)cc1.Cc1cccc(C)c1. The Kier molecular flexibility index (Phi) is 32.1. The Bertz CT molecular complexity index is 535. The van der Waals surface area contributed by atoms with E-state index in [-0.39, 0.29) is 0 Å². The average molecular weight is 387 g/mol. The highest BCUT2D eigenvalue weighted by Crippen LogP contribution is 2.09. The van der Waals surface area contributed by atoms with Crippen LogP contribution in [0.3, 0.4) is 0 Å². The Morgan fingerprint density at radius 3 is 1.36 bits per heavy atom. The van der Waals surface area contributed by atoms with Crippen LogP contribution in [0.25, 0.3) is 0 Å². The lowest BCUT2D eigenvalue weighted by atomic mass is 10.2. The molecule has 0 aliphatic rings. The Hall–Kier alpha value is -2.28. The predicted molar refractivity (Wildman–Crippen MR) is 133 cm³/mol. The zero-order valence-corrected chi connectivity index (χ0v) is 20.4. The van der Waals surface area contributed by atoms with Crippen LogP contribution in [0, 0.1) is 20.8 Å². The van der Waals surface area contributed by atoms with Gasteiger partial charge in [-0.2, -0.15) is 0 Å². The van der Waals surface area contributed by atoms with Crippen LogP contribution in [0.4, 0.5) is 0 Å². The quantitative estimate of drug-likeness (QED) is 0.467. The first-order valence-corrected chi connectivity index (χ1v) is 10.2. The zero-order chi connectivity index (χ0) is 23.0. The molecule has 0 unspecified atom stereocenters. The van der Waals surface area contributed by atoms with Crippen molar-refractivity contribution in [2.75, 3.05) is 7.11 Å². The molecule has 0 aromatic heterocycles. The largest absolute Gasteiger partial charge is 0.497 e. The number of benzene rings is 2. The van der Waals surface area contributed by atoms with Gasteiger partial charge in [0.25, 0.3) is 0 Å². The van der Waals surface area contributed by atoms with E-state index in [1.807, 2.05) is 58.9 Å². The molecule has 1 nitrogen and oxygen atoms in total. The molecule has 0 N–H and O–H groups in total. The summed E-state index contributed by atoms with van der Waals surface area (Å²) >= 11 is 0. The molecule has 2 rings (SSSR count). The molecule has 0 aliphatic heterocycles. The fourth-order valence-corrected chi connectivity index (χ4v) is 1.48. The maximum atomic E-state index is 4.97. The van der Waals surface area contributed by atoms with Crippen LogP contribution in [0.1, 0.15) is 64.7 Å². The second-order valence-corrected chi connectivity index (χ2v) is 5.49. The molecule has 0 amide bonds. The molecule has 1 heteroatoms. The molecule has 0 aliphatic carbocycles. The van der Waals surface area contributed by atoms with Gasteiger partial charge in [0, 0.05) is 0 Å². The van der Waals surface area contributed by atoms with Crippen molar-refractivity contribution in [2.24, 2.45) is 0 Å². The van der Waals surface area contributed by atoms with Crippen molar-refractivity contribution in [2.45, 2.75) is 68.7 Å². The molecule has 0 fully saturated rings. The van der Waals surface area contributed by atoms with E-state index in [1.54, 1.807) is 7.11 Å². The number of methoxy groups -OCH3 is 1. The first-order valence-electron chi connectivity index (χ1n) is 10.2. The van der Waals surface area contributed by atoms with Crippen molar-refractivity contribution < 1.29 is 4.74 Å². The Morgan fingerprint density at radius 2 is 1.14 bits per heavy atom. The topological polar surface area (TPSA) is 9.23 Å². The summed E-state index contributed by atoms with van der Waals surface area (Å²) in [5.41, 5.74) is 5.19. The van der Waals surface area contributed by atoms with Crippen LogP contribution in [-0.2, 0) is 0 Å². The third kappa shape index (κ3) is 26.0. The maximum absolute atomic E-state index is 4.97. The number of hydrogen-bond acceptors (Lipinski definition) is 1. The molecule has 0 spiro atoms. The number of ether oxygens (including phenoxy) is 1. The van der Waals surface area contributed by atoms with Crippen molar-refractivity contribution >= 4 is 0 Å². The van der Waals surface area contributed by atoms with Crippen molar-refractivity contribution in [1.82, 2.24) is 0 Å². The van der Waals surface area contributed by atoms with E-state index < -0.39 is 0 Å². The smallest absolute Gasteiger partial charge is 0.118 e. The minimum absolute atomic E-state index is 0.917. The Balaban J connectivity index is -0.000000140. The molecular formula is C27H46O. The number of aryl methyl sites for hydroxylation is 3. The Labute approximate surface area is 177 Å². The molecule has 28 heavy (non-hydrogen) atoms. The van der Waals surface area contributed by atoms with Crippen LogP contribution < -0.4 is 4.74 Å². The van der Waals surface area contributed by atoms with Crippen LogP contribution in [0.2, 0.25) is 0 Å². The third-order valence-electron chi connectivity index (χ3n) is 3.03. The van der Waals surface area contributed by atoms with Crippen molar-refractivity contribution in [3.05, 3.63) is 90.5 Å². The lowest BCUT2D eigenvalue weighted by Crippen LogP contribution is -1.80. The van der Waals surface area contributed by atoms with Crippen molar-refractivity contribution in [3.8, 4) is 5.75 Å². The minimum Gasteiger partial charge on any atom is -0.497 e. The normalized spacial score (nSPS) is 7.50. The van der Waals surface area contributed by atoms with Crippen molar-refractivity contribution in [3.63, 3.8) is 0 Å². The first kappa shape index (κ1) is 33.3. The van der Waals surface area contributed by atoms with Gasteiger partial charge in [0.2, 0.25) is 0 Å². The maximum Gasteiger partial charge on any atom is 0.118 e. The van der Waals surface area contributed by atoms with E-state index in [2.05, 4.69) is 71.7 Å². The van der Waals surface area contributed by atoms with E-state index in [9.17, 15) is 0 Å². The molecule has 0 atom stereocenters. The van der Waals surface area contributed by atoms with Crippen LogP contribution in [0.15, 0.2) is 73.8 Å². The molecule has 0 heterocycles. The van der Waals surface area contributed by atoms with Gasteiger partial charge in [0.05, 0.1) is 7.11 Å². The molecule has 0 saturated heterocycles. The molecule has 160 valence electrons. The van der Waals surface area contributed by atoms with Gasteiger partial charge in [0.1, 0.15) is 5.75 Å². The monoisotopic (exact) mass is 386 g/mol. The highest BCUT2D eigenvalue weighted by atomic mass is 16.5. The van der Waals surface area contributed by atoms with Crippen molar-refractivity contribution in [1.29, 1.82) is 0 Å². The molecule has 2 aromatic carbocycles. The second kappa shape index (κ2) is 26.9. The van der Waals surface area contributed by atoms with Gasteiger partial charge in [-0.15, -0.1) is 19.7 Å². The van der Waals surface area contributed by atoms with E-state index >= 15 is 0 Å². The summed E-state index contributed by atoms with van der Waals surface area (Å²) in [6.45, 7) is 28.1. The van der Waals surface area contributed by atoms with E-state index in [4.69, 9.17) is 4.74 Å². The molecule has 0 saturated carbocycles. The summed E-state index contributed by atoms with van der Waals surface area (Å²) in [4.78, 5) is 0. The predicted octanol–water partition coefficient (Wildman–Crippen LogP) is 9.13. The summed E-state index contributed by atoms with van der Waals surface area (Å²) in [6, 6.07) is 16.4. The summed E-state index contributed by atoms with van der Waals surface area (Å²) in [6.07, 6.45) is 1.11. The highest BCUT2D eigenvalue weighted by Gasteiger charge is 1.85. The molecular weight excluding hydrogens is 340 g/mol. The standard InChI is InChI=1S/C8H10O.C8H10.C5H10.2C2H6.C2H4/c1-7-3-5-8(9-2)6-4-7;1-7-4-3-5-8(2)6-7;1-4-5(2)3;3*1-2/h3-6H,1-2H3;3-6H,1-2H3;2,4H2,1,3H3;2*1-2H3;1-2H2. The molecule has 0 radical (unpaired) electrons. The van der Waals surface area contributed by atoms with Gasteiger partial charge >= 0.3 is 0 Å².